The highest BCUT2D eigenvalue weighted by atomic mass is 79.9. The number of nitrogens with one attached hydrogen (secondary N) is 1. The molecule has 5 nitrogen and oxygen atoms in total. The SMILES string of the molecule is CC(=O)[C@@H](Cc1ccccc1)NC(=O)COC(=O)c1ccccc1Br. The van der Waals surface area contributed by atoms with Gasteiger partial charge in [0.2, 0.25) is 0 Å². The molecular formula is C19H18BrNO4. The Kier molecular flexibility index (Phi) is 6.89. The van der Waals surface area contributed by atoms with E-state index < -0.39 is 24.5 Å². The zero-order valence-electron chi connectivity index (χ0n) is 13.7. The van der Waals surface area contributed by atoms with Gasteiger partial charge in [0.1, 0.15) is 0 Å². The largest absolute Gasteiger partial charge is 0.452 e. The van der Waals surface area contributed by atoms with Crippen molar-refractivity contribution in [1.29, 1.82) is 0 Å². The van der Waals surface area contributed by atoms with Crippen molar-refractivity contribution in [3.05, 3.63) is 70.2 Å². The summed E-state index contributed by atoms with van der Waals surface area (Å²) in [5.41, 5.74) is 1.27. The van der Waals surface area contributed by atoms with E-state index in [2.05, 4.69) is 21.2 Å². The summed E-state index contributed by atoms with van der Waals surface area (Å²) in [6.07, 6.45) is 0.389. The van der Waals surface area contributed by atoms with Crippen LogP contribution in [0, 0.1) is 0 Å². The fraction of sp³-hybridized carbons (Fsp3) is 0.211. The molecule has 0 saturated heterocycles. The summed E-state index contributed by atoms with van der Waals surface area (Å²) >= 11 is 3.25. The van der Waals surface area contributed by atoms with Crippen LogP contribution in [0.3, 0.4) is 0 Å². The number of ketones is 1. The second kappa shape index (κ2) is 9.13. The van der Waals surface area contributed by atoms with Crippen LogP contribution in [0.15, 0.2) is 59.1 Å². The first kappa shape index (κ1) is 18.9. The zero-order chi connectivity index (χ0) is 18.2. The summed E-state index contributed by atoms with van der Waals surface area (Å²) in [6.45, 7) is 0.972. The lowest BCUT2D eigenvalue weighted by molar-refractivity contribution is -0.128. The van der Waals surface area contributed by atoms with E-state index in [1.165, 1.54) is 6.92 Å². The average Bonchev–Trinajstić information content (AvgIpc) is 2.60. The Labute approximate surface area is 154 Å². The number of benzene rings is 2. The molecule has 0 aromatic heterocycles. The van der Waals surface area contributed by atoms with Crippen LogP contribution in [-0.4, -0.2) is 30.3 Å². The van der Waals surface area contributed by atoms with Crippen LogP contribution >= 0.6 is 15.9 Å². The highest BCUT2D eigenvalue weighted by molar-refractivity contribution is 9.10. The Balaban J connectivity index is 1.90. The van der Waals surface area contributed by atoms with Gasteiger partial charge in [-0.15, -0.1) is 0 Å². The lowest BCUT2D eigenvalue weighted by Crippen LogP contribution is -2.43. The molecule has 0 aliphatic rings. The summed E-state index contributed by atoms with van der Waals surface area (Å²) in [4.78, 5) is 35.8. The molecule has 2 aromatic rings. The number of carbonyl (C=O) groups excluding carboxylic acids is 3. The van der Waals surface area contributed by atoms with E-state index in [1.54, 1.807) is 24.3 Å². The van der Waals surface area contributed by atoms with E-state index in [-0.39, 0.29) is 5.78 Å². The first-order chi connectivity index (χ1) is 12.0. The number of rotatable bonds is 7. The van der Waals surface area contributed by atoms with Crippen molar-refractivity contribution in [2.45, 2.75) is 19.4 Å². The van der Waals surface area contributed by atoms with Gasteiger partial charge in [-0.25, -0.2) is 4.79 Å². The number of carbonyl (C=O) groups is 3. The molecule has 0 spiro atoms. The number of amides is 1. The van der Waals surface area contributed by atoms with Crippen molar-refractivity contribution in [1.82, 2.24) is 5.32 Å². The molecule has 6 heteroatoms. The third-order valence-electron chi connectivity index (χ3n) is 3.54. The Morgan fingerprint density at radius 3 is 2.32 bits per heavy atom. The van der Waals surface area contributed by atoms with Crippen molar-refractivity contribution in [2.24, 2.45) is 0 Å². The van der Waals surface area contributed by atoms with Crippen molar-refractivity contribution in [3.63, 3.8) is 0 Å². The van der Waals surface area contributed by atoms with Crippen LogP contribution in [0.4, 0.5) is 0 Å². The monoisotopic (exact) mass is 403 g/mol. The molecule has 0 aliphatic heterocycles. The summed E-state index contributed by atoms with van der Waals surface area (Å²) in [7, 11) is 0. The van der Waals surface area contributed by atoms with Crippen LogP contribution in [0.2, 0.25) is 0 Å². The van der Waals surface area contributed by atoms with Crippen LogP contribution in [0.1, 0.15) is 22.8 Å². The predicted molar refractivity (Wildman–Crippen MR) is 97.2 cm³/mol. The van der Waals surface area contributed by atoms with E-state index in [0.717, 1.165) is 5.56 Å². The molecule has 1 N–H and O–H groups in total. The Bertz CT molecular complexity index is 761. The molecule has 130 valence electrons. The molecule has 0 unspecified atom stereocenters. The molecule has 0 heterocycles. The molecule has 2 aromatic carbocycles. The zero-order valence-corrected chi connectivity index (χ0v) is 15.3. The topological polar surface area (TPSA) is 72.5 Å². The summed E-state index contributed by atoms with van der Waals surface area (Å²) in [5.74, 6) is -1.28. The molecule has 0 aliphatic carbocycles. The van der Waals surface area contributed by atoms with E-state index in [4.69, 9.17) is 4.74 Å². The van der Waals surface area contributed by atoms with Crippen molar-refractivity contribution in [3.8, 4) is 0 Å². The van der Waals surface area contributed by atoms with Crippen molar-refractivity contribution >= 4 is 33.6 Å². The van der Waals surface area contributed by atoms with Gasteiger partial charge in [-0.2, -0.15) is 0 Å². The van der Waals surface area contributed by atoms with Gasteiger partial charge in [-0.3, -0.25) is 9.59 Å². The minimum absolute atomic E-state index is 0.158. The van der Waals surface area contributed by atoms with Gasteiger partial charge in [0.05, 0.1) is 11.6 Å². The average molecular weight is 404 g/mol. The first-order valence-corrected chi connectivity index (χ1v) is 8.52. The standard InChI is InChI=1S/C19H18BrNO4/c1-13(22)17(11-14-7-3-2-4-8-14)21-18(23)12-25-19(24)15-9-5-6-10-16(15)20/h2-10,17H,11-12H2,1H3,(H,21,23)/t17-/m1/s1. The highest BCUT2D eigenvalue weighted by Crippen LogP contribution is 2.16. The molecule has 25 heavy (non-hydrogen) atoms. The molecule has 0 radical (unpaired) electrons. The minimum Gasteiger partial charge on any atom is -0.452 e. The third-order valence-corrected chi connectivity index (χ3v) is 4.23. The number of hydrogen-bond acceptors (Lipinski definition) is 4. The summed E-state index contributed by atoms with van der Waals surface area (Å²) < 4.78 is 5.60. The number of Topliss-reactive ketones (excluding diaryl/α,β-unsaturated/α-hetero) is 1. The second-order valence-electron chi connectivity index (χ2n) is 5.48. The summed E-state index contributed by atoms with van der Waals surface area (Å²) in [5, 5.41) is 2.61. The van der Waals surface area contributed by atoms with Gasteiger partial charge < -0.3 is 10.1 Å². The minimum atomic E-state index is -0.655. The fourth-order valence-corrected chi connectivity index (χ4v) is 2.66. The summed E-state index contributed by atoms with van der Waals surface area (Å²) in [6, 6.07) is 15.5. The normalized spacial score (nSPS) is 11.4. The van der Waals surface area contributed by atoms with E-state index >= 15 is 0 Å². The van der Waals surface area contributed by atoms with Gasteiger partial charge >= 0.3 is 5.97 Å². The van der Waals surface area contributed by atoms with Crippen molar-refractivity contribution in [2.75, 3.05) is 6.61 Å². The van der Waals surface area contributed by atoms with Crippen LogP contribution in [0.5, 0.6) is 0 Å². The Morgan fingerprint density at radius 1 is 1.04 bits per heavy atom. The van der Waals surface area contributed by atoms with Gasteiger partial charge in [-0.1, -0.05) is 42.5 Å². The molecule has 0 fully saturated rings. The van der Waals surface area contributed by atoms with Crippen LogP contribution in [0.25, 0.3) is 0 Å². The smallest absolute Gasteiger partial charge is 0.339 e. The number of esters is 1. The maximum Gasteiger partial charge on any atom is 0.339 e. The quantitative estimate of drug-likeness (QED) is 0.721. The maximum atomic E-state index is 12.0. The molecule has 0 bridgehead atoms. The molecule has 0 saturated carbocycles. The number of hydrogen-bond donors (Lipinski definition) is 1. The molecule has 1 amide bonds. The first-order valence-electron chi connectivity index (χ1n) is 7.72. The molecular weight excluding hydrogens is 386 g/mol. The van der Waals surface area contributed by atoms with Gasteiger partial charge in [0.15, 0.2) is 12.4 Å². The predicted octanol–water partition coefficient (Wildman–Crippen LogP) is 2.92. The third kappa shape index (κ3) is 5.83. The maximum absolute atomic E-state index is 12.0. The van der Waals surface area contributed by atoms with Crippen molar-refractivity contribution < 1.29 is 19.1 Å². The lowest BCUT2D eigenvalue weighted by atomic mass is 10.0. The molecule has 2 rings (SSSR count). The van der Waals surface area contributed by atoms with Gasteiger partial charge in [-0.05, 0) is 47.0 Å². The Morgan fingerprint density at radius 2 is 1.68 bits per heavy atom. The van der Waals surface area contributed by atoms with Gasteiger partial charge in [0, 0.05) is 4.47 Å². The van der Waals surface area contributed by atoms with Crippen LogP contribution < -0.4 is 5.32 Å². The van der Waals surface area contributed by atoms with E-state index in [1.807, 2.05) is 30.3 Å². The molecule has 1 atom stereocenters. The lowest BCUT2D eigenvalue weighted by Gasteiger charge is -2.16. The van der Waals surface area contributed by atoms with E-state index in [9.17, 15) is 14.4 Å². The fourth-order valence-electron chi connectivity index (χ4n) is 2.22. The van der Waals surface area contributed by atoms with E-state index in [0.29, 0.717) is 16.5 Å². The number of halogens is 1. The second-order valence-corrected chi connectivity index (χ2v) is 6.33. The van der Waals surface area contributed by atoms with Crippen LogP contribution in [-0.2, 0) is 20.7 Å². The van der Waals surface area contributed by atoms with Gasteiger partial charge in [0.25, 0.3) is 5.91 Å². The highest BCUT2D eigenvalue weighted by Gasteiger charge is 2.19. The number of ether oxygens (including phenoxy) is 1. The Hall–Kier alpha value is -2.47.